The molecule has 0 aliphatic carbocycles. The molecule has 25 heavy (non-hydrogen) atoms. The Morgan fingerprint density at radius 3 is 3.20 bits per heavy atom. The second kappa shape index (κ2) is 6.66. The van der Waals surface area contributed by atoms with E-state index < -0.39 is 0 Å². The summed E-state index contributed by atoms with van der Waals surface area (Å²) < 4.78 is 1.95. The predicted octanol–water partition coefficient (Wildman–Crippen LogP) is 2.12. The van der Waals surface area contributed by atoms with Gasteiger partial charge in [0.1, 0.15) is 12.4 Å². The van der Waals surface area contributed by atoms with Crippen molar-refractivity contribution in [2.75, 3.05) is 13.1 Å². The van der Waals surface area contributed by atoms with Crippen LogP contribution >= 0.6 is 0 Å². The number of fused-ring (bicyclic) bond motifs is 1. The fourth-order valence-electron chi connectivity index (χ4n) is 3.56. The number of H-pyrrole nitrogens is 1. The summed E-state index contributed by atoms with van der Waals surface area (Å²) in [5, 5.41) is 7.97. The van der Waals surface area contributed by atoms with E-state index in [4.69, 9.17) is 0 Å². The molecule has 1 aliphatic rings. The number of pyridine rings is 1. The van der Waals surface area contributed by atoms with Crippen LogP contribution in [0.1, 0.15) is 37.2 Å². The van der Waals surface area contributed by atoms with Crippen molar-refractivity contribution in [2.24, 2.45) is 0 Å². The number of aromatic amines is 1. The zero-order valence-electron chi connectivity index (χ0n) is 14.4. The number of rotatable bonds is 4. The second-order valence-corrected chi connectivity index (χ2v) is 6.55. The first-order valence-corrected chi connectivity index (χ1v) is 8.82. The molecule has 7 nitrogen and oxygen atoms in total. The van der Waals surface area contributed by atoms with Gasteiger partial charge in [-0.15, -0.1) is 0 Å². The van der Waals surface area contributed by atoms with Gasteiger partial charge in [0.25, 0.3) is 0 Å². The van der Waals surface area contributed by atoms with Gasteiger partial charge in [-0.1, -0.05) is 6.92 Å². The lowest BCUT2D eigenvalue weighted by Gasteiger charge is -2.32. The number of carbonyl (C=O) groups excluding carboxylic acids is 1. The Hall–Kier alpha value is -2.70. The second-order valence-electron chi connectivity index (χ2n) is 6.55. The van der Waals surface area contributed by atoms with Crippen LogP contribution in [0.2, 0.25) is 0 Å². The highest BCUT2D eigenvalue weighted by atomic mass is 16.2. The smallest absolute Gasteiger partial charge is 0.242 e. The van der Waals surface area contributed by atoms with Crippen LogP contribution in [0.25, 0.3) is 11.0 Å². The number of amides is 1. The minimum Gasteiger partial charge on any atom is -0.340 e. The van der Waals surface area contributed by atoms with E-state index >= 15 is 0 Å². The molecule has 1 fully saturated rings. The molecule has 1 saturated heterocycles. The maximum absolute atomic E-state index is 12.7. The van der Waals surface area contributed by atoms with Crippen LogP contribution in [0.5, 0.6) is 0 Å². The van der Waals surface area contributed by atoms with Gasteiger partial charge in [-0.25, -0.2) is 9.97 Å². The lowest BCUT2D eigenvalue weighted by Crippen LogP contribution is -2.41. The fraction of sp³-hybridized carbons (Fsp3) is 0.444. The van der Waals surface area contributed by atoms with Gasteiger partial charge >= 0.3 is 0 Å². The van der Waals surface area contributed by atoms with E-state index in [1.807, 2.05) is 21.7 Å². The first-order valence-electron chi connectivity index (χ1n) is 8.82. The number of likely N-dealkylation sites (tertiary alicyclic amines) is 1. The van der Waals surface area contributed by atoms with E-state index in [-0.39, 0.29) is 11.8 Å². The fourth-order valence-corrected chi connectivity index (χ4v) is 3.56. The van der Waals surface area contributed by atoms with Gasteiger partial charge in [0, 0.05) is 48.9 Å². The van der Waals surface area contributed by atoms with Crippen LogP contribution in [-0.2, 0) is 17.8 Å². The molecule has 4 rings (SSSR count). The third-order valence-corrected chi connectivity index (χ3v) is 4.94. The summed E-state index contributed by atoms with van der Waals surface area (Å²) in [5.41, 5.74) is 1.85. The van der Waals surface area contributed by atoms with Crippen molar-refractivity contribution in [2.45, 2.75) is 38.6 Å². The third kappa shape index (κ3) is 3.14. The van der Waals surface area contributed by atoms with Gasteiger partial charge in [0.2, 0.25) is 5.91 Å². The molecular weight excluding hydrogens is 316 g/mol. The summed E-state index contributed by atoms with van der Waals surface area (Å²) in [5.74, 6) is 1.38. The summed E-state index contributed by atoms with van der Waals surface area (Å²) in [6.45, 7) is 3.96. The Labute approximate surface area is 146 Å². The summed E-state index contributed by atoms with van der Waals surface area (Å²) in [6.07, 6.45) is 8.31. The minimum atomic E-state index is 0.153. The molecule has 4 heterocycles. The van der Waals surface area contributed by atoms with Crippen molar-refractivity contribution in [3.8, 4) is 0 Å². The maximum Gasteiger partial charge on any atom is 0.242 e. The lowest BCUT2D eigenvalue weighted by molar-refractivity contribution is -0.133. The van der Waals surface area contributed by atoms with E-state index in [0.717, 1.165) is 54.9 Å². The van der Waals surface area contributed by atoms with Crippen LogP contribution in [0.15, 0.2) is 30.7 Å². The van der Waals surface area contributed by atoms with Crippen LogP contribution in [0.3, 0.4) is 0 Å². The van der Waals surface area contributed by atoms with Gasteiger partial charge in [-0.3, -0.25) is 9.89 Å². The number of nitrogens with one attached hydrogen (secondary N) is 1. The highest BCUT2D eigenvalue weighted by Gasteiger charge is 2.26. The maximum atomic E-state index is 12.7. The highest BCUT2D eigenvalue weighted by Crippen LogP contribution is 2.27. The number of nitrogens with zero attached hydrogens (tertiary/aromatic N) is 5. The first kappa shape index (κ1) is 15.8. The van der Waals surface area contributed by atoms with Gasteiger partial charge in [-0.05, 0) is 25.0 Å². The predicted molar refractivity (Wildman–Crippen MR) is 94.0 cm³/mol. The zero-order valence-corrected chi connectivity index (χ0v) is 14.4. The number of hydrogen-bond acceptors (Lipinski definition) is 4. The standard InChI is InChI=1S/C18H22N6O/c1-2-16-19-7-9-23(16)12-17(25)24-8-3-4-14(11-24)15-6-5-13-10-20-22-18(13)21-15/h5-7,9-10,14H,2-4,8,11-12H2,1H3,(H,20,21,22)/t14-/m0/s1. The van der Waals surface area contributed by atoms with E-state index in [1.165, 1.54) is 0 Å². The molecule has 0 bridgehead atoms. The molecule has 1 atom stereocenters. The summed E-state index contributed by atoms with van der Waals surface area (Å²) in [7, 11) is 0. The topological polar surface area (TPSA) is 79.7 Å². The van der Waals surface area contributed by atoms with Crippen LogP contribution in [0.4, 0.5) is 0 Å². The van der Waals surface area contributed by atoms with E-state index in [0.29, 0.717) is 6.54 Å². The van der Waals surface area contributed by atoms with Crippen LogP contribution < -0.4 is 0 Å². The Morgan fingerprint density at radius 1 is 1.40 bits per heavy atom. The lowest BCUT2D eigenvalue weighted by atomic mass is 9.94. The van der Waals surface area contributed by atoms with Gasteiger partial charge in [-0.2, -0.15) is 5.10 Å². The minimum absolute atomic E-state index is 0.153. The molecule has 7 heteroatoms. The van der Waals surface area contributed by atoms with Crippen molar-refractivity contribution in [3.63, 3.8) is 0 Å². The number of aromatic nitrogens is 5. The molecule has 1 aliphatic heterocycles. The Bertz CT molecular complexity index is 882. The van der Waals surface area contributed by atoms with Crippen molar-refractivity contribution >= 4 is 16.9 Å². The summed E-state index contributed by atoms with van der Waals surface area (Å²) >= 11 is 0. The van der Waals surface area contributed by atoms with Crippen LogP contribution in [0, 0.1) is 0 Å². The average molecular weight is 338 g/mol. The molecule has 130 valence electrons. The SMILES string of the molecule is CCc1nccn1CC(=O)N1CCC[C@H](c2ccc3cn[nH]c3n2)C1. The van der Waals surface area contributed by atoms with Gasteiger partial charge in [0.05, 0.1) is 6.20 Å². The average Bonchev–Trinajstić information content (AvgIpc) is 3.29. The normalized spacial score (nSPS) is 18.0. The van der Waals surface area contributed by atoms with E-state index in [2.05, 4.69) is 33.2 Å². The highest BCUT2D eigenvalue weighted by molar-refractivity contribution is 5.76. The van der Waals surface area contributed by atoms with Crippen molar-refractivity contribution in [1.82, 2.24) is 29.6 Å². The molecule has 3 aromatic rings. The molecular formula is C18H22N6O. The molecule has 0 aromatic carbocycles. The Morgan fingerprint density at radius 2 is 2.32 bits per heavy atom. The molecule has 0 spiro atoms. The van der Waals surface area contributed by atoms with Gasteiger partial charge < -0.3 is 9.47 Å². The summed E-state index contributed by atoms with van der Waals surface area (Å²) in [4.78, 5) is 23.7. The summed E-state index contributed by atoms with van der Waals surface area (Å²) in [6, 6.07) is 4.10. The van der Waals surface area contributed by atoms with Crippen molar-refractivity contribution in [1.29, 1.82) is 0 Å². The molecule has 1 N–H and O–H groups in total. The monoisotopic (exact) mass is 338 g/mol. The van der Waals surface area contributed by atoms with Crippen LogP contribution in [-0.4, -0.2) is 48.6 Å². The first-order chi connectivity index (χ1) is 12.2. The molecule has 0 radical (unpaired) electrons. The number of hydrogen-bond donors (Lipinski definition) is 1. The molecule has 0 unspecified atom stereocenters. The number of piperidine rings is 1. The zero-order chi connectivity index (χ0) is 17.2. The third-order valence-electron chi connectivity index (χ3n) is 4.94. The molecule has 3 aromatic heterocycles. The quantitative estimate of drug-likeness (QED) is 0.790. The Balaban J connectivity index is 1.47. The molecule has 1 amide bonds. The Kier molecular flexibility index (Phi) is 4.21. The number of carbonyl (C=O) groups is 1. The molecule has 0 saturated carbocycles. The van der Waals surface area contributed by atoms with Crippen molar-refractivity contribution < 1.29 is 4.79 Å². The largest absolute Gasteiger partial charge is 0.340 e. The van der Waals surface area contributed by atoms with Gasteiger partial charge in [0.15, 0.2) is 5.65 Å². The number of aryl methyl sites for hydroxylation is 1. The number of imidazole rings is 1. The van der Waals surface area contributed by atoms with E-state index in [1.54, 1.807) is 12.4 Å². The van der Waals surface area contributed by atoms with Crippen molar-refractivity contribution in [3.05, 3.63) is 42.2 Å². The van der Waals surface area contributed by atoms with E-state index in [9.17, 15) is 4.79 Å².